The van der Waals surface area contributed by atoms with Crippen LogP contribution in [0.2, 0.25) is 0 Å². The molecule has 1 N–H and O–H groups in total. The van der Waals surface area contributed by atoms with Gasteiger partial charge in [0.25, 0.3) is 0 Å². The van der Waals surface area contributed by atoms with Crippen LogP contribution in [0.25, 0.3) is 0 Å². The van der Waals surface area contributed by atoms with Crippen LogP contribution < -0.4 is 0 Å². The van der Waals surface area contributed by atoms with Gasteiger partial charge in [0.05, 0.1) is 37.8 Å². The molecular formula is C16H24N2O4. The van der Waals surface area contributed by atoms with Crippen LogP contribution in [0.5, 0.6) is 5.75 Å². The van der Waals surface area contributed by atoms with Gasteiger partial charge in [-0.3, -0.25) is 9.88 Å². The summed E-state index contributed by atoms with van der Waals surface area (Å²) in [6.45, 7) is 10.4. The summed E-state index contributed by atoms with van der Waals surface area (Å²) in [6.07, 6.45) is 0. The Morgan fingerprint density at radius 2 is 1.77 bits per heavy atom. The van der Waals surface area contributed by atoms with E-state index in [1.165, 1.54) is 0 Å². The SMILES string of the molecule is Cc1nc(CN2CCOCC2)c2c(c1O)COC(C)(C)OC2. The van der Waals surface area contributed by atoms with Gasteiger partial charge in [0.1, 0.15) is 5.75 Å². The molecule has 6 heteroatoms. The topological polar surface area (TPSA) is 64.1 Å². The van der Waals surface area contributed by atoms with E-state index in [-0.39, 0.29) is 5.75 Å². The lowest BCUT2D eigenvalue weighted by Crippen LogP contribution is -2.36. The first-order valence-electron chi connectivity index (χ1n) is 7.74. The number of aryl methyl sites for hydroxylation is 1. The third-order valence-electron chi connectivity index (χ3n) is 4.25. The minimum absolute atomic E-state index is 0.224. The number of pyridine rings is 1. The summed E-state index contributed by atoms with van der Waals surface area (Å²) >= 11 is 0. The predicted octanol–water partition coefficient (Wildman–Crippen LogP) is 1.71. The maximum Gasteiger partial charge on any atom is 0.163 e. The molecule has 0 aromatic carbocycles. The zero-order valence-electron chi connectivity index (χ0n) is 13.5. The average Bonchev–Trinajstić information content (AvgIpc) is 2.65. The van der Waals surface area contributed by atoms with E-state index in [1.807, 2.05) is 20.8 Å². The highest BCUT2D eigenvalue weighted by molar-refractivity contribution is 5.44. The first-order chi connectivity index (χ1) is 10.5. The fourth-order valence-corrected chi connectivity index (χ4v) is 2.82. The lowest BCUT2D eigenvalue weighted by atomic mass is 10.0. The fourth-order valence-electron chi connectivity index (χ4n) is 2.82. The van der Waals surface area contributed by atoms with E-state index in [0.29, 0.717) is 18.9 Å². The molecule has 6 nitrogen and oxygen atoms in total. The summed E-state index contributed by atoms with van der Waals surface area (Å²) in [5.41, 5.74) is 3.38. The summed E-state index contributed by atoms with van der Waals surface area (Å²) < 4.78 is 17.0. The van der Waals surface area contributed by atoms with Crippen molar-refractivity contribution < 1.29 is 19.3 Å². The second kappa shape index (κ2) is 6.12. The van der Waals surface area contributed by atoms with Gasteiger partial charge in [-0.25, -0.2) is 0 Å². The maximum absolute atomic E-state index is 10.3. The van der Waals surface area contributed by atoms with Gasteiger partial charge in [0.15, 0.2) is 5.79 Å². The second-order valence-electron chi connectivity index (χ2n) is 6.32. The Labute approximate surface area is 131 Å². The lowest BCUT2D eigenvalue weighted by Gasteiger charge is -2.27. The number of hydrogen-bond acceptors (Lipinski definition) is 6. The fraction of sp³-hybridized carbons (Fsp3) is 0.688. The minimum Gasteiger partial charge on any atom is -0.506 e. The Balaban J connectivity index is 1.92. The van der Waals surface area contributed by atoms with Crippen LogP contribution in [0.1, 0.15) is 36.4 Å². The van der Waals surface area contributed by atoms with Crippen LogP contribution in [0.15, 0.2) is 0 Å². The Bertz CT molecular complexity index is 554. The van der Waals surface area contributed by atoms with Gasteiger partial charge < -0.3 is 19.3 Å². The molecule has 2 aliphatic rings. The first-order valence-corrected chi connectivity index (χ1v) is 7.74. The molecule has 2 aliphatic heterocycles. The molecule has 22 heavy (non-hydrogen) atoms. The third kappa shape index (κ3) is 3.25. The van der Waals surface area contributed by atoms with Crippen LogP contribution in [0.4, 0.5) is 0 Å². The molecular weight excluding hydrogens is 284 g/mol. The number of aromatic hydroxyl groups is 1. The van der Waals surface area contributed by atoms with Crippen LogP contribution in [-0.2, 0) is 34.0 Å². The molecule has 122 valence electrons. The molecule has 0 radical (unpaired) electrons. The molecule has 0 unspecified atom stereocenters. The van der Waals surface area contributed by atoms with E-state index in [0.717, 1.165) is 49.7 Å². The quantitative estimate of drug-likeness (QED) is 0.897. The standard InChI is InChI=1S/C16H24N2O4/c1-11-15(19)13-10-22-16(2,3)21-9-12(13)14(17-11)8-18-4-6-20-7-5-18/h19H,4-10H2,1-3H3. The zero-order valence-corrected chi connectivity index (χ0v) is 13.5. The zero-order chi connectivity index (χ0) is 15.7. The van der Waals surface area contributed by atoms with E-state index in [2.05, 4.69) is 9.88 Å². The molecule has 0 aliphatic carbocycles. The molecule has 3 rings (SSSR count). The smallest absolute Gasteiger partial charge is 0.163 e. The summed E-state index contributed by atoms with van der Waals surface area (Å²) in [4.78, 5) is 6.92. The Morgan fingerprint density at radius 1 is 1.14 bits per heavy atom. The van der Waals surface area contributed by atoms with Gasteiger partial charge in [0.2, 0.25) is 0 Å². The number of hydrogen-bond donors (Lipinski definition) is 1. The van der Waals surface area contributed by atoms with Crippen molar-refractivity contribution in [3.05, 3.63) is 22.5 Å². The van der Waals surface area contributed by atoms with Crippen molar-refractivity contribution in [2.24, 2.45) is 0 Å². The molecule has 1 saturated heterocycles. The molecule has 0 bridgehead atoms. The highest BCUT2D eigenvalue weighted by Gasteiger charge is 2.29. The van der Waals surface area contributed by atoms with Gasteiger partial charge in [-0.2, -0.15) is 0 Å². The highest BCUT2D eigenvalue weighted by Crippen LogP contribution is 2.33. The summed E-state index contributed by atoms with van der Waals surface area (Å²) in [5, 5.41) is 10.3. The number of rotatable bonds is 2. The van der Waals surface area contributed by atoms with Crippen molar-refractivity contribution in [3.8, 4) is 5.75 Å². The van der Waals surface area contributed by atoms with Gasteiger partial charge >= 0.3 is 0 Å². The van der Waals surface area contributed by atoms with E-state index in [4.69, 9.17) is 14.2 Å². The molecule has 1 aromatic heterocycles. The van der Waals surface area contributed by atoms with Crippen molar-refractivity contribution in [2.75, 3.05) is 26.3 Å². The van der Waals surface area contributed by atoms with Crippen molar-refractivity contribution in [1.82, 2.24) is 9.88 Å². The molecule has 3 heterocycles. The van der Waals surface area contributed by atoms with Crippen LogP contribution in [0.3, 0.4) is 0 Å². The van der Waals surface area contributed by atoms with Crippen LogP contribution in [0, 0.1) is 6.92 Å². The van der Waals surface area contributed by atoms with E-state index in [1.54, 1.807) is 0 Å². The van der Waals surface area contributed by atoms with Crippen molar-refractivity contribution in [3.63, 3.8) is 0 Å². The molecule has 0 saturated carbocycles. The lowest BCUT2D eigenvalue weighted by molar-refractivity contribution is -0.219. The van der Waals surface area contributed by atoms with Gasteiger partial charge in [-0.1, -0.05) is 0 Å². The molecule has 0 amide bonds. The predicted molar refractivity (Wildman–Crippen MR) is 80.4 cm³/mol. The van der Waals surface area contributed by atoms with E-state index >= 15 is 0 Å². The van der Waals surface area contributed by atoms with Crippen LogP contribution in [-0.4, -0.2) is 47.1 Å². The van der Waals surface area contributed by atoms with Gasteiger partial charge in [-0.05, 0) is 20.8 Å². The summed E-state index contributed by atoms with van der Waals surface area (Å²) in [6, 6.07) is 0. The van der Waals surface area contributed by atoms with Gasteiger partial charge in [-0.15, -0.1) is 0 Å². The molecule has 0 atom stereocenters. The maximum atomic E-state index is 10.3. The average molecular weight is 308 g/mol. The molecule has 0 spiro atoms. The number of fused-ring (bicyclic) bond motifs is 1. The van der Waals surface area contributed by atoms with E-state index in [9.17, 15) is 5.11 Å². The summed E-state index contributed by atoms with van der Waals surface area (Å²) in [7, 11) is 0. The molecule has 1 fully saturated rings. The van der Waals surface area contributed by atoms with Crippen molar-refractivity contribution >= 4 is 0 Å². The normalized spacial score (nSPS) is 22.1. The highest BCUT2D eigenvalue weighted by atomic mass is 16.7. The minimum atomic E-state index is -0.657. The number of aromatic nitrogens is 1. The number of nitrogens with zero attached hydrogens (tertiary/aromatic N) is 2. The van der Waals surface area contributed by atoms with Gasteiger partial charge in [0, 0.05) is 30.8 Å². The number of ether oxygens (including phenoxy) is 3. The van der Waals surface area contributed by atoms with Crippen molar-refractivity contribution in [2.45, 2.75) is 46.3 Å². The number of morpholine rings is 1. The Hall–Kier alpha value is -1.21. The molecule has 1 aromatic rings. The van der Waals surface area contributed by atoms with E-state index < -0.39 is 5.79 Å². The first kappa shape index (κ1) is 15.7. The second-order valence-corrected chi connectivity index (χ2v) is 6.32. The third-order valence-corrected chi connectivity index (χ3v) is 4.25. The van der Waals surface area contributed by atoms with Crippen molar-refractivity contribution in [1.29, 1.82) is 0 Å². The Kier molecular flexibility index (Phi) is 4.36. The Morgan fingerprint density at radius 3 is 2.45 bits per heavy atom. The monoisotopic (exact) mass is 308 g/mol. The summed E-state index contributed by atoms with van der Waals surface area (Å²) in [5.74, 6) is -0.433. The van der Waals surface area contributed by atoms with Crippen LogP contribution >= 0.6 is 0 Å². The largest absolute Gasteiger partial charge is 0.506 e.